The van der Waals surface area contributed by atoms with Gasteiger partial charge >= 0.3 is 12.2 Å². The largest absolute Gasteiger partial charge is 0.445 e. The Kier molecular flexibility index (Phi) is 15.8. The van der Waals surface area contributed by atoms with Crippen molar-refractivity contribution in [2.45, 2.75) is 125 Å². The number of aliphatic hydroxyl groups excluding tert-OH is 2. The van der Waals surface area contributed by atoms with E-state index in [0.717, 1.165) is 30.4 Å². The molecular weight excluding hydrogens is 840 g/mol. The maximum absolute atomic E-state index is 12.9. The summed E-state index contributed by atoms with van der Waals surface area (Å²) in [5, 5.41) is 24.9. The summed E-state index contributed by atoms with van der Waals surface area (Å²) >= 11 is 3.30. The van der Waals surface area contributed by atoms with Gasteiger partial charge in [0.15, 0.2) is 11.6 Å². The second-order valence-electron chi connectivity index (χ2n) is 16.7. The number of aliphatic hydroxyl groups is 2. The number of carbonyl (C=O) groups is 3. The SMILES string of the molecule is O=C(OCc1ccccc1)N1CCC(N(C(=O)CBr)[C@H]2CC3(CC[C@@H]2O)OCCO3)CC1.O=C(OCc1ccccc1)N1CCC(N[C@H]2CC3(CC[C@@H]2O)OCCO3)CC1. The van der Waals surface area contributed by atoms with Gasteiger partial charge in [-0.3, -0.25) is 4.79 Å². The zero-order valence-corrected chi connectivity index (χ0v) is 36.0. The molecule has 3 amide bonds. The Morgan fingerprint density at radius 1 is 0.683 bits per heavy atom. The number of alkyl halides is 1. The first-order chi connectivity index (χ1) is 29.1. The van der Waals surface area contributed by atoms with Crippen LogP contribution < -0.4 is 5.32 Å². The van der Waals surface area contributed by atoms with Crippen molar-refractivity contribution in [1.29, 1.82) is 0 Å². The van der Waals surface area contributed by atoms with Gasteiger partial charge in [-0.2, -0.15) is 0 Å². The number of hydrogen-bond acceptors (Lipinski definition) is 12. The topological polar surface area (TPSA) is 169 Å². The normalized spacial score (nSPS) is 26.6. The molecule has 2 saturated carbocycles. The molecule has 4 saturated heterocycles. The van der Waals surface area contributed by atoms with Gasteiger partial charge in [-0.25, -0.2) is 9.59 Å². The summed E-state index contributed by atoms with van der Waals surface area (Å²) in [7, 11) is 0. The van der Waals surface area contributed by atoms with Gasteiger partial charge in [0.05, 0.1) is 50.0 Å². The Balaban J connectivity index is 0.000000183. The molecule has 16 heteroatoms. The molecule has 0 bridgehead atoms. The zero-order chi connectivity index (χ0) is 42.0. The lowest BCUT2D eigenvalue weighted by molar-refractivity contribution is -0.208. The predicted molar refractivity (Wildman–Crippen MR) is 223 cm³/mol. The minimum Gasteiger partial charge on any atom is -0.445 e. The lowest BCUT2D eigenvalue weighted by Crippen LogP contribution is -2.60. The Labute approximate surface area is 361 Å². The monoisotopic (exact) mass is 900 g/mol. The van der Waals surface area contributed by atoms with E-state index in [1.54, 1.807) is 9.80 Å². The second-order valence-corrected chi connectivity index (χ2v) is 17.2. The quantitative estimate of drug-likeness (QED) is 0.298. The van der Waals surface area contributed by atoms with Gasteiger partial charge < -0.3 is 58.7 Å². The van der Waals surface area contributed by atoms with E-state index >= 15 is 0 Å². The molecular formula is C44H61BrN4O11. The van der Waals surface area contributed by atoms with E-state index in [1.165, 1.54) is 0 Å². The Morgan fingerprint density at radius 2 is 1.15 bits per heavy atom. The highest BCUT2D eigenvalue weighted by Gasteiger charge is 2.49. The van der Waals surface area contributed by atoms with Gasteiger partial charge in [0, 0.05) is 70.0 Å². The van der Waals surface area contributed by atoms with Crippen LogP contribution in [0.4, 0.5) is 9.59 Å². The number of benzene rings is 2. The van der Waals surface area contributed by atoms with Crippen LogP contribution in [0.2, 0.25) is 0 Å². The molecule has 0 aromatic heterocycles. The number of rotatable bonds is 9. The van der Waals surface area contributed by atoms with E-state index in [9.17, 15) is 24.6 Å². The number of nitrogens with zero attached hydrogens (tertiary/aromatic N) is 3. The number of piperidine rings is 2. The summed E-state index contributed by atoms with van der Waals surface area (Å²) in [5.74, 6) is -1.27. The van der Waals surface area contributed by atoms with Crippen LogP contribution in [0.15, 0.2) is 60.7 Å². The highest BCUT2D eigenvalue weighted by Crippen LogP contribution is 2.40. The second kappa shape index (κ2) is 21.1. The van der Waals surface area contributed by atoms with Crippen LogP contribution in [-0.2, 0) is 46.4 Å². The molecule has 2 aromatic rings. The molecule has 2 aliphatic carbocycles. The summed E-state index contributed by atoms with van der Waals surface area (Å²) < 4.78 is 34.3. The van der Waals surface area contributed by atoms with Crippen molar-refractivity contribution in [1.82, 2.24) is 20.0 Å². The maximum Gasteiger partial charge on any atom is 0.410 e. The number of nitrogens with one attached hydrogen (secondary N) is 1. The van der Waals surface area contributed by atoms with Crippen molar-refractivity contribution in [3.05, 3.63) is 71.8 Å². The fraction of sp³-hybridized carbons (Fsp3) is 0.659. The summed E-state index contributed by atoms with van der Waals surface area (Å²) in [5.41, 5.74) is 1.94. The average Bonchev–Trinajstić information content (AvgIpc) is 3.95. The van der Waals surface area contributed by atoms with Crippen LogP contribution in [0.1, 0.15) is 75.3 Å². The fourth-order valence-electron chi connectivity index (χ4n) is 9.44. The minimum atomic E-state index is -0.698. The van der Waals surface area contributed by atoms with E-state index < -0.39 is 17.7 Å². The Bertz CT molecular complexity index is 1670. The van der Waals surface area contributed by atoms with E-state index in [4.69, 9.17) is 28.4 Å². The molecule has 60 heavy (non-hydrogen) atoms. The van der Waals surface area contributed by atoms with Crippen LogP contribution in [0, 0.1) is 0 Å². The van der Waals surface area contributed by atoms with Crippen molar-refractivity contribution in [3.8, 4) is 0 Å². The third-order valence-corrected chi connectivity index (χ3v) is 13.2. The summed E-state index contributed by atoms with van der Waals surface area (Å²) in [6.07, 6.45) is 5.10. The fourth-order valence-corrected chi connectivity index (χ4v) is 9.73. The first-order valence-electron chi connectivity index (χ1n) is 21.6. The van der Waals surface area contributed by atoms with Gasteiger partial charge in [-0.05, 0) is 49.7 Å². The highest BCUT2D eigenvalue weighted by atomic mass is 79.9. The first kappa shape index (κ1) is 44.7. The standard InChI is InChI=1S/C23H31BrN2O6.C21H30N2O5/c24-15-21(28)26(19-14-23(9-6-20(19)27)31-12-13-32-23)18-7-10-25(11-8-18)22(29)30-16-17-4-2-1-3-5-17;24-19-6-9-21(27-12-13-28-21)14-18(19)22-17-7-10-23(11-8-17)20(25)26-15-16-4-2-1-3-5-16/h1-5,18-20,27H,6-16H2;1-5,17-19,22,24H,6-15H2/t19-,20-;18-,19-/m00/s1. The number of amides is 3. The predicted octanol–water partition coefficient (Wildman–Crippen LogP) is 4.70. The molecule has 2 aromatic carbocycles. The maximum atomic E-state index is 12.9. The van der Waals surface area contributed by atoms with Crippen molar-refractivity contribution in [3.63, 3.8) is 0 Å². The van der Waals surface area contributed by atoms with Crippen LogP contribution >= 0.6 is 15.9 Å². The zero-order valence-electron chi connectivity index (χ0n) is 34.4. The smallest absolute Gasteiger partial charge is 0.410 e. The minimum absolute atomic E-state index is 0.0339. The van der Waals surface area contributed by atoms with Crippen molar-refractivity contribution >= 4 is 34.0 Å². The molecule has 0 unspecified atom stereocenters. The molecule has 2 spiro atoms. The Morgan fingerprint density at radius 3 is 1.65 bits per heavy atom. The van der Waals surface area contributed by atoms with Crippen molar-refractivity contribution < 1.29 is 53.0 Å². The third-order valence-electron chi connectivity index (χ3n) is 12.7. The summed E-state index contributed by atoms with van der Waals surface area (Å²) in [4.78, 5) is 43.0. The summed E-state index contributed by atoms with van der Waals surface area (Å²) in [6.45, 7) is 5.21. The van der Waals surface area contributed by atoms with Gasteiger partial charge in [0.25, 0.3) is 0 Å². The first-order valence-corrected chi connectivity index (χ1v) is 22.7. The molecule has 3 N–H and O–H groups in total. The molecule has 0 radical (unpaired) electrons. The summed E-state index contributed by atoms with van der Waals surface area (Å²) in [6, 6.07) is 19.1. The van der Waals surface area contributed by atoms with Gasteiger partial charge in [0.2, 0.25) is 5.91 Å². The van der Waals surface area contributed by atoms with Crippen molar-refractivity contribution in [2.75, 3.05) is 57.9 Å². The van der Waals surface area contributed by atoms with Crippen LogP contribution in [0.25, 0.3) is 0 Å². The van der Waals surface area contributed by atoms with E-state index in [1.807, 2.05) is 65.6 Å². The van der Waals surface area contributed by atoms with Crippen LogP contribution in [0.5, 0.6) is 0 Å². The number of halogens is 1. The molecule has 8 rings (SSSR count). The highest BCUT2D eigenvalue weighted by molar-refractivity contribution is 9.09. The number of carbonyl (C=O) groups excluding carboxylic acids is 3. The number of hydrogen-bond donors (Lipinski definition) is 3. The third kappa shape index (κ3) is 11.6. The number of likely N-dealkylation sites (tertiary alicyclic amines) is 2. The van der Waals surface area contributed by atoms with Crippen LogP contribution in [0.3, 0.4) is 0 Å². The van der Waals surface area contributed by atoms with E-state index in [-0.39, 0.29) is 60.3 Å². The lowest BCUT2D eigenvalue weighted by atomic mass is 9.84. The Hall–Kier alpha value is -3.35. The molecule has 15 nitrogen and oxygen atoms in total. The molecule has 4 atom stereocenters. The molecule has 4 heterocycles. The van der Waals surface area contributed by atoms with Gasteiger partial charge in [-0.1, -0.05) is 76.6 Å². The van der Waals surface area contributed by atoms with Crippen LogP contribution in [-0.4, -0.2) is 149 Å². The molecule has 4 aliphatic heterocycles. The van der Waals surface area contributed by atoms with Crippen molar-refractivity contribution in [2.24, 2.45) is 0 Å². The molecule has 330 valence electrons. The van der Waals surface area contributed by atoms with E-state index in [2.05, 4.69) is 21.2 Å². The average molecular weight is 902 g/mol. The van der Waals surface area contributed by atoms with Gasteiger partial charge in [-0.15, -0.1) is 0 Å². The molecule has 6 aliphatic rings. The van der Waals surface area contributed by atoms with Gasteiger partial charge in [0.1, 0.15) is 13.2 Å². The van der Waals surface area contributed by atoms with E-state index in [0.29, 0.717) is 104 Å². The molecule has 6 fully saturated rings. The number of ether oxygens (including phenoxy) is 6. The lowest BCUT2D eigenvalue weighted by Gasteiger charge is -2.48.